The average molecular weight is 263 g/mol. The van der Waals surface area contributed by atoms with E-state index in [4.69, 9.17) is 4.84 Å². The van der Waals surface area contributed by atoms with Gasteiger partial charge in [-0.1, -0.05) is 32.9 Å². The summed E-state index contributed by atoms with van der Waals surface area (Å²) in [4.78, 5) is 5.85. The van der Waals surface area contributed by atoms with Crippen LogP contribution in [0.1, 0.15) is 26.3 Å². The predicted molar refractivity (Wildman–Crippen MR) is 78.2 cm³/mol. The Morgan fingerprint density at radius 3 is 2.56 bits per heavy atom. The number of rotatable bonds is 1. The molecule has 0 bridgehead atoms. The molecule has 2 atom stereocenters. The Hall–Kier alpha value is -0.670. The van der Waals surface area contributed by atoms with Crippen LogP contribution in [0.3, 0.4) is 0 Å². The molecule has 2 aliphatic rings. The summed E-state index contributed by atoms with van der Waals surface area (Å²) in [5, 5.41) is 2.14. The Labute approximate surface area is 114 Å². The number of nitrogens with zero attached hydrogens (tertiary/aromatic N) is 1. The van der Waals surface area contributed by atoms with Crippen LogP contribution in [0.15, 0.2) is 24.3 Å². The fraction of sp³-hybridized carbons (Fsp3) is 0.600. The normalized spacial score (nSPS) is 27.6. The van der Waals surface area contributed by atoms with Crippen LogP contribution in [0.25, 0.3) is 0 Å². The van der Waals surface area contributed by atoms with E-state index in [9.17, 15) is 0 Å². The first-order chi connectivity index (χ1) is 8.55. The third-order valence-electron chi connectivity index (χ3n) is 3.88. The van der Waals surface area contributed by atoms with Crippen LogP contribution in [0.5, 0.6) is 0 Å². The summed E-state index contributed by atoms with van der Waals surface area (Å²) in [5.74, 6) is 3.17. The van der Waals surface area contributed by atoms with E-state index in [1.165, 1.54) is 22.8 Å². The second kappa shape index (κ2) is 4.46. The van der Waals surface area contributed by atoms with Crippen molar-refractivity contribution in [3.63, 3.8) is 0 Å². The van der Waals surface area contributed by atoms with Gasteiger partial charge in [0.1, 0.15) is 0 Å². The van der Waals surface area contributed by atoms with Crippen LogP contribution in [0.2, 0.25) is 0 Å². The maximum absolute atomic E-state index is 5.85. The zero-order chi connectivity index (χ0) is 12.8. The first kappa shape index (κ1) is 12.4. The molecule has 0 spiro atoms. The first-order valence-electron chi connectivity index (χ1n) is 6.66. The van der Waals surface area contributed by atoms with Gasteiger partial charge in [-0.25, -0.2) is 5.06 Å². The fourth-order valence-corrected chi connectivity index (χ4v) is 4.06. The second-order valence-corrected chi connectivity index (χ2v) is 7.36. The average Bonchev–Trinajstić information content (AvgIpc) is 2.89. The van der Waals surface area contributed by atoms with Gasteiger partial charge in [-0.05, 0) is 23.1 Å². The Kier molecular flexibility index (Phi) is 3.07. The van der Waals surface area contributed by atoms with E-state index in [0.29, 0.717) is 6.04 Å². The number of hydroxylamine groups is 1. The second-order valence-electron chi connectivity index (χ2n) is 6.28. The van der Waals surface area contributed by atoms with Gasteiger partial charge < -0.3 is 0 Å². The summed E-state index contributed by atoms with van der Waals surface area (Å²) in [6.07, 6.45) is 0. The van der Waals surface area contributed by atoms with Crippen LogP contribution < -0.4 is 5.06 Å². The van der Waals surface area contributed by atoms with Crippen molar-refractivity contribution in [2.45, 2.75) is 32.2 Å². The van der Waals surface area contributed by atoms with Crippen molar-refractivity contribution >= 4 is 17.4 Å². The topological polar surface area (TPSA) is 12.5 Å². The van der Waals surface area contributed by atoms with Gasteiger partial charge in [0.2, 0.25) is 0 Å². The summed E-state index contributed by atoms with van der Waals surface area (Å²) in [5.41, 5.74) is 2.80. The van der Waals surface area contributed by atoms with Gasteiger partial charge in [0.25, 0.3) is 0 Å². The highest BCUT2D eigenvalue weighted by Crippen LogP contribution is 2.37. The zero-order valence-corrected chi connectivity index (χ0v) is 12.2. The molecule has 2 saturated heterocycles. The minimum absolute atomic E-state index is 0.218. The number of benzene rings is 1. The van der Waals surface area contributed by atoms with Crippen LogP contribution in [-0.4, -0.2) is 24.2 Å². The molecule has 98 valence electrons. The van der Waals surface area contributed by atoms with Crippen molar-refractivity contribution in [1.82, 2.24) is 0 Å². The molecule has 3 heteroatoms. The molecule has 2 nitrogen and oxygen atoms in total. The zero-order valence-electron chi connectivity index (χ0n) is 11.3. The standard InChI is InChI=1S/C15H21NOS/c1-15(2,3)12-4-6-13(7-5-12)16-14-10-18-9-11(14)8-17-16/h4-7,11,14H,8-10H2,1-3H3/t11-,14+/m1/s1. The number of anilines is 1. The molecule has 2 aliphatic heterocycles. The quantitative estimate of drug-likeness (QED) is 0.770. The van der Waals surface area contributed by atoms with Gasteiger partial charge in [-0.15, -0.1) is 0 Å². The molecule has 1 aromatic carbocycles. The van der Waals surface area contributed by atoms with Crippen molar-refractivity contribution in [1.29, 1.82) is 0 Å². The highest BCUT2D eigenvalue weighted by Gasteiger charge is 2.39. The van der Waals surface area contributed by atoms with Crippen molar-refractivity contribution in [3.05, 3.63) is 29.8 Å². The maximum Gasteiger partial charge on any atom is 0.0805 e. The van der Waals surface area contributed by atoms with Gasteiger partial charge in [-0.2, -0.15) is 11.8 Å². The van der Waals surface area contributed by atoms with E-state index in [0.717, 1.165) is 12.5 Å². The van der Waals surface area contributed by atoms with Crippen molar-refractivity contribution < 1.29 is 4.84 Å². The van der Waals surface area contributed by atoms with Gasteiger partial charge >= 0.3 is 0 Å². The molecule has 0 aliphatic carbocycles. The van der Waals surface area contributed by atoms with E-state index in [-0.39, 0.29) is 5.41 Å². The van der Waals surface area contributed by atoms with Crippen LogP contribution >= 0.6 is 11.8 Å². The summed E-state index contributed by atoms with van der Waals surface area (Å²) in [6.45, 7) is 7.63. The molecule has 0 aromatic heterocycles. The van der Waals surface area contributed by atoms with Gasteiger partial charge in [-0.3, -0.25) is 4.84 Å². The van der Waals surface area contributed by atoms with Gasteiger partial charge in [0.15, 0.2) is 0 Å². The fourth-order valence-electron chi connectivity index (χ4n) is 2.65. The molecule has 1 aromatic rings. The number of hydrogen-bond acceptors (Lipinski definition) is 3. The van der Waals surface area contributed by atoms with Gasteiger partial charge in [0.05, 0.1) is 18.3 Å². The summed E-state index contributed by atoms with van der Waals surface area (Å²) in [7, 11) is 0. The van der Waals surface area contributed by atoms with E-state index in [1.807, 2.05) is 0 Å². The molecule has 2 fully saturated rings. The summed E-state index contributed by atoms with van der Waals surface area (Å²) >= 11 is 2.05. The molecule has 18 heavy (non-hydrogen) atoms. The van der Waals surface area contributed by atoms with Crippen LogP contribution in [0, 0.1) is 5.92 Å². The monoisotopic (exact) mass is 263 g/mol. The Bertz CT molecular complexity index is 423. The number of fused-ring (bicyclic) bond motifs is 1. The highest BCUT2D eigenvalue weighted by atomic mass is 32.2. The smallest absolute Gasteiger partial charge is 0.0805 e. The number of hydrogen-bond donors (Lipinski definition) is 0. The first-order valence-corrected chi connectivity index (χ1v) is 7.81. The lowest BCUT2D eigenvalue weighted by Gasteiger charge is -2.25. The van der Waals surface area contributed by atoms with E-state index < -0.39 is 0 Å². The molecule has 3 rings (SSSR count). The van der Waals surface area contributed by atoms with E-state index in [1.54, 1.807) is 0 Å². The third kappa shape index (κ3) is 2.14. The molecule has 0 amide bonds. The SMILES string of the molecule is CC(C)(C)c1ccc(N2OC[C@@H]3CSC[C@@H]32)cc1. The lowest BCUT2D eigenvalue weighted by atomic mass is 9.87. The number of thioether (sulfide) groups is 1. The van der Waals surface area contributed by atoms with Crippen molar-refractivity contribution in [2.24, 2.45) is 5.92 Å². The minimum atomic E-state index is 0.218. The largest absolute Gasteiger partial charge is 0.273 e. The third-order valence-corrected chi connectivity index (χ3v) is 5.12. The molecule has 2 heterocycles. The maximum atomic E-state index is 5.85. The van der Waals surface area contributed by atoms with E-state index in [2.05, 4.69) is 61.9 Å². The summed E-state index contributed by atoms with van der Waals surface area (Å²) < 4.78 is 0. The lowest BCUT2D eigenvalue weighted by molar-refractivity contribution is 0.155. The van der Waals surface area contributed by atoms with Crippen LogP contribution in [-0.2, 0) is 10.3 Å². The predicted octanol–water partition coefficient (Wildman–Crippen LogP) is 3.47. The molecular formula is C15H21NOS. The Balaban J connectivity index is 1.81. The molecule has 0 N–H and O–H groups in total. The summed E-state index contributed by atoms with van der Waals surface area (Å²) in [6, 6.07) is 9.44. The van der Waals surface area contributed by atoms with Crippen molar-refractivity contribution in [3.8, 4) is 0 Å². The van der Waals surface area contributed by atoms with Crippen molar-refractivity contribution in [2.75, 3.05) is 23.2 Å². The highest BCUT2D eigenvalue weighted by molar-refractivity contribution is 7.99. The molecular weight excluding hydrogens is 242 g/mol. The van der Waals surface area contributed by atoms with E-state index >= 15 is 0 Å². The lowest BCUT2D eigenvalue weighted by Crippen LogP contribution is -2.31. The van der Waals surface area contributed by atoms with Crippen LogP contribution in [0.4, 0.5) is 5.69 Å². The molecule has 0 saturated carbocycles. The Morgan fingerprint density at radius 2 is 1.89 bits per heavy atom. The molecule has 0 unspecified atom stereocenters. The minimum Gasteiger partial charge on any atom is -0.273 e. The molecule has 0 radical (unpaired) electrons. The Morgan fingerprint density at radius 1 is 1.17 bits per heavy atom. The van der Waals surface area contributed by atoms with Gasteiger partial charge in [0, 0.05) is 17.4 Å².